The van der Waals surface area contributed by atoms with Gasteiger partial charge in [-0.1, -0.05) is 192 Å². The first-order valence-electron chi connectivity index (χ1n) is 39.1. The molecule has 0 aromatic heterocycles. The summed E-state index contributed by atoms with van der Waals surface area (Å²) >= 11 is 36.7. The minimum atomic E-state index is -0.286. The van der Waals surface area contributed by atoms with Gasteiger partial charge in [0.1, 0.15) is 0 Å². The Morgan fingerprint density at radius 1 is 0.425 bits per heavy atom. The van der Waals surface area contributed by atoms with E-state index < -0.39 is 0 Å². The summed E-state index contributed by atoms with van der Waals surface area (Å²) < 4.78 is 0. The summed E-state index contributed by atoms with van der Waals surface area (Å²) in [5.41, 5.74) is 13.6. The lowest BCUT2D eigenvalue weighted by Crippen LogP contribution is -2.64. The van der Waals surface area contributed by atoms with Crippen LogP contribution in [0.2, 0.25) is 30.1 Å². The number of carbonyl (C=O) groups excluding carboxylic acids is 3. The number of benzene rings is 9. The second-order valence-corrected chi connectivity index (χ2v) is 33.3. The summed E-state index contributed by atoms with van der Waals surface area (Å²) in [6.07, 6.45) is 12.4. The number of carbonyl (C=O) groups is 3. The highest BCUT2D eigenvalue weighted by Crippen LogP contribution is 2.40. The Morgan fingerprint density at radius 2 is 0.832 bits per heavy atom. The fraction of sp³-hybridized carbons (Fsp3) is 0.341. The van der Waals surface area contributed by atoms with Crippen molar-refractivity contribution in [1.82, 2.24) is 35.1 Å². The summed E-state index contributed by atoms with van der Waals surface area (Å²) in [4.78, 5) is 51.2. The van der Waals surface area contributed by atoms with Crippen LogP contribution in [0.1, 0.15) is 115 Å². The number of urea groups is 3. The molecule has 4 unspecified atom stereocenters. The molecule has 0 bridgehead atoms. The van der Waals surface area contributed by atoms with E-state index in [2.05, 4.69) is 144 Å². The minimum absolute atomic E-state index is 0.0951. The third-order valence-electron chi connectivity index (χ3n) is 22.9. The molecule has 4 heterocycles. The number of nitrogens with zero attached hydrogens (tertiary/aromatic N) is 8. The molecule has 2 aliphatic carbocycles. The Hall–Kier alpha value is -9.16. The highest BCUT2D eigenvalue weighted by molar-refractivity contribution is 6.36. The van der Waals surface area contributed by atoms with Crippen molar-refractivity contribution in [3.8, 4) is 51.6 Å². The average Bonchev–Trinajstić information content (AvgIpc) is 1.63. The van der Waals surface area contributed by atoms with Crippen LogP contribution in [0, 0.1) is 51.7 Å². The molecule has 16 nitrogen and oxygen atoms in total. The molecule has 9 aromatic carbocycles. The van der Waals surface area contributed by atoms with Gasteiger partial charge in [0.05, 0.1) is 40.9 Å². The Kier molecular flexibility index (Phi) is 28.4. The van der Waals surface area contributed by atoms with Crippen molar-refractivity contribution < 1.29 is 14.4 Å². The zero-order chi connectivity index (χ0) is 78.9. The number of amides is 6. The third-order valence-corrected chi connectivity index (χ3v) is 24.2. The van der Waals surface area contributed by atoms with E-state index >= 15 is 0 Å². The molecule has 5 N–H and O–H groups in total. The SMILES string of the molecule is CN1CCC(C(CNC(=O)Nc2cc(Cl)cc(Cl)c2)c2ccc(-c3cccc(C#N)c3)cc2)CC1.N#Cc1cccc(-c2ccc(C(CNC(=O)Nc3cc(Cl)cc(Cl)c3)C3CCN(CC4CC4)CC3)cc2)c1.N#Cc1cccc(-c2ccc(C3CN(C(=O)Nc4cc(Cl)cc(Cl)c4)CC4CN(C5CCCC5)CCN43)cc2)c1. The molecule has 582 valence electrons. The quantitative estimate of drug-likeness (QED) is 0.0551. The molecular formula is C91H93Cl6N13O3. The van der Waals surface area contributed by atoms with Gasteiger partial charge < -0.3 is 41.3 Å². The van der Waals surface area contributed by atoms with E-state index in [9.17, 15) is 30.2 Å². The van der Waals surface area contributed by atoms with Gasteiger partial charge in [-0.2, -0.15) is 15.8 Å². The fourth-order valence-electron chi connectivity index (χ4n) is 16.8. The van der Waals surface area contributed by atoms with Crippen LogP contribution in [-0.2, 0) is 0 Å². The second kappa shape index (κ2) is 39.3. The lowest BCUT2D eigenvalue weighted by atomic mass is 9.79. The Morgan fingerprint density at radius 3 is 1.25 bits per heavy atom. The largest absolute Gasteiger partial charge is 0.337 e. The van der Waals surface area contributed by atoms with E-state index in [1.54, 1.807) is 54.6 Å². The van der Waals surface area contributed by atoms with E-state index in [1.165, 1.54) is 61.8 Å². The maximum absolute atomic E-state index is 13.5. The highest BCUT2D eigenvalue weighted by atomic mass is 35.5. The maximum atomic E-state index is 13.5. The molecule has 15 rings (SSSR count). The van der Waals surface area contributed by atoms with Gasteiger partial charge in [-0.3, -0.25) is 9.80 Å². The van der Waals surface area contributed by atoms with Crippen LogP contribution in [0.3, 0.4) is 0 Å². The lowest BCUT2D eigenvalue weighted by Gasteiger charge is -2.52. The molecule has 6 fully saturated rings. The van der Waals surface area contributed by atoms with Crippen LogP contribution in [0.4, 0.5) is 31.4 Å². The van der Waals surface area contributed by atoms with Gasteiger partial charge in [0.15, 0.2) is 0 Å². The molecule has 0 spiro atoms. The van der Waals surface area contributed by atoms with Crippen molar-refractivity contribution in [1.29, 1.82) is 15.8 Å². The summed E-state index contributed by atoms with van der Waals surface area (Å²) in [6.45, 7) is 11.0. The summed E-state index contributed by atoms with van der Waals surface area (Å²) in [6, 6.07) is 70.7. The maximum Gasteiger partial charge on any atom is 0.321 e. The number of nitriles is 3. The van der Waals surface area contributed by atoms with Crippen LogP contribution >= 0.6 is 69.6 Å². The number of hydrogen-bond donors (Lipinski definition) is 5. The monoisotopic (exact) mass is 1630 g/mol. The number of hydrogen-bond acceptors (Lipinski definition) is 10. The second-order valence-electron chi connectivity index (χ2n) is 30.7. The summed E-state index contributed by atoms with van der Waals surface area (Å²) in [5.74, 6) is 2.25. The van der Waals surface area contributed by atoms with Gasteiger partial charge in [0.25, 0.3) is 0 Å². The highest BCUT2D eigenvalue weighted by Gasteiger charge is 2.42. The van der Waals surface area contributed by atoms with Crippen LogP contribution in [-0.4, -0.2) is 140 Å². The van der Waals surface area contributed by atoms with Crippen LogP contribution < -0.4 is 26.6 Å². The Labute approximate surface area is 693 Å². The summed E-state index contributed by atoms with van der Waals surface area (Å²) in [5, 5.41) is 45.5. The fourth-order valence-corrected chi connectivity index (χ4v) is 18.4. The molecule has 113 heavy (non-hydrogen) atoms. The zero-order valence-corrected chi connectivity index (χ0v) is 67.8. The number of halogens is 6. The van der Waals surface area contributed by atoms with E-state index in [0.717, 1.165) is 111 Å². The molecule has 4 aliphatic heterocycles. The van der Waals surface area contributed by atoms with E-state index in [1.807, 2.05) is 77.7 Å². The van der Waals surface area contributed by atoms with Gasteiger partial charge in [0.2, 0.25) is 0 Å². The van der Waals surface area contributed by atoms with Crippen molar-refractivity contribution >= 4 is 105 Å². The average molecular weight is 1630 g/mol. The number of likely N-dealkylation sites (tertiary alicyclic amines) is 2. The predicted octanol–water partition coefficient (Wildman–Crippen LogP) is 21.4. The number of nitrogens with one attached hydrogen (secondary N) is 5. The topological polar surface area (TPSA) is 199 Å². The number of rotatable bonds is 18. The normalized spacial score (nSPS) is 18.2. The smallest absolute Gasteiger partial charge is 0.321 e. The molecule has 22 heteroatoms. The van der Waals surface area contributed by atoms with E-state index in [-0.39, 0.29) is 42.0 Å². The van der Waals surface area contributed by atoms with Crippen LogP contribution in [0.25, 0.3) is 33.4 Å². The molecule has 6 amide bonds. The molecule has 6 aliphatic rings. The van der Waals surface area contributed by atoms with E-state index in [0.29, 0.717) is 108 Å². The van der Waals surface area contributed by atoms with Crippen molar-refractivity contribution in [2.45, 2.75) is 94.2 Å². The number of piperazine rings is 2. The number of anilines is 3. The first-order chi connectivity index (χ1) is 54.8. The lowest BCUT2D eigenvalue weighted by molar-refractivity contribution is -0.0251. The molecule has 9 aromatic rings. The first-order valence-corrected chi connectivity index (χ1v) is 41.4. The Balaban J connectivity index is 0.000000149. The Bertz CT molecular complexity index is 4850. The minimum Gasteiger partial charge on any atom is -0.337 e. The van der Waals surface area contributed by atoms with Gasteiger partial charge in [-0.05, 0) is 243 Å². The molecule has 4 saturated heterocycles. The predicted molar refractivity (Wildman–Crippen MR) is 458 cm³/mol. The van der Waals surface area contributed by atoms with Gasteiger partial charge >= 0.3 is 18.1 Å². The van der Waals surface area contributed by atoms with Crippen molar-refractivity contribution in [2.75, 3.05) is 102 Å². The summed E-state index contributed by atoms with van der Waals surface area (Å²) in [7, 11) is 2.15. The van der Waals surface area contributed by atoms with Crippen LogP contribution in [0.5, 0.6) is 0 Å². The number of fused-ring (bicyclic) bond motifs is 1. The standard InChI is InChI=1S/C32H33Cl2N5O.C31H32Cl2N4O.C28H28Cl2N4O/c33-26-15-27(34)17-28(16-26)36-32(40)38-20-30-19-37(29-6-1-2-7-29)12-13-39(30)31(21-38)24-10-8-23(9-11-24)25-5-3-4-22(14-25)18-35;32-27-15-28(33)17-29(16-27)36-31(38)35-19-30(25-10-12-37(13-11-25)20-21-4-5-21)24-8-6-23(7-9-24)26-3-1-2-22(14-26)18-34;1-34-11-9-22(10-12-34)27(18-32-28(35)33-26-15-24(29)14-25(30)16-26)21-7-5-20(6-8-21)23-4-2-3-19(13-23)17-31/h3-5,8-11,14-17,29-31H,1-2,6-7,12-13,19-21H2,(H,36,40);1-3,6-9,14-17,21,25,30H,4-5,10-13,19-20H2,(H2,35,36,38);2-8,13-16,22,27H,9-12,18H2,1H3,(H2,32,33,35). The molecule has 4 atom stereocenters. The van der Waals surface area contributed by atoms with Gasteiger partial charge in [0, 0.05) is 123 Å². The molecule has 0 radical (unpaired) electrons. The number of piperidine rings is 2. The van der Waals surface area contributed by atoms with E-state index in [4.69, 9.17) is 69.6 Å². The third kappa shape index (κ3) is 22.9. The first kappa shape index (κ1) is 81.8. The van der Waals surface area contributed by atoms with Crippen molar-refractivity contribution in [3.05, 3.63) is 264 Å². The van der Waals surface area contributed by atoms with Crippen molar-refractivity contribution in [2.24, 2.45) is 17.8 Å². The zero-order valence-electron chi connectivity index (χ0n) is 63.3. The molecular weight excluding hydrogens is 1540 g/mol. The molecule has 2 saturated carbocycles. The van der Waals surface area contributed by atoms with Crippen LogP contribution in [0.15, 0.2) is 200 Å². The van der Waals surface area contributed by atoms with Gasteiger partial charge in [-0.15, -0.1) is 0 Å². The van der Waals surface area contributed by atoms with Crippen molar-refractivity contribution in [3.63, 3.8) is 0 Å². The van der Waals surface area contributed by atoms with Gasteiger partial charge in [-0.25, -0.2) is 14.4 Å².